The fourth-order valence-corrected chi connectivity index (χ4v) is 2.15. The predicted molar refractivity (Wildman–Crippen MR) is 77.8 cm³/mol. The molecule has 0 aromatic heterocycles. The fraction of sp³-hybridized carbons (Fsp3) is 0.786. The largest absolute Gasteiger partial charge is 0.340 e. The van der Waals surface area contributed by atoms with Crippen molar-refractivity contribution in [3.8, 4) is 12.3 Å². The van der Waals surface area contributed by atoms with E-state index in [2.05, 4.69) is 24.7 Å². The van der Waals surface area contributed by atoms with Crippen molar-refractivity contribution in [3.05, 3.63) is 0 Å². The highest BCUT2D eigenvalue weighted by atomic mass is 35.5. The second-order valence-electron chi connectivity index (χ2n) is 4.92. The third kappa shape index (κ3) is 5.75. The number of hydrogen-bond donors (Lipinski definition) is 0. The van der Waals surface area contributed by atoms with E-state index in [1.807, 2.05) is 4.90 Å². The number of hydrogen-bond acceptors (Lipinski definition) is 2. The van der Waals surface area contributed by atoms with Gasteiger partial charge in [0.25, 0.3) is 0 Å². The molecule has 4 heteroatoms. The van der Waals surface area contributed by atoms with Crippen LogP contribution in [0.5, 0.6) is 0 Å². The average molecular weight is 273 g/mol. The van der Waals surface area contributed by atoms with Gasteiger partial charge in [-0.15, -0.1) is 24.8 Å². The van der Waals surface area contributed by atoms with Crippen LogP contribution in [0, 0.1) is 12.3 Å². The summed E-state index contributed by atoms with van der Waals surface area (Å²) < 4.78 is 0. The Bertz CT molecular complexity index is 278. The van der Waals surface area contributed by atoms with Crippen LogP contribution in [0.2, 0.25) is 0 Å². The smallest absolute Gasteiger partial charge is 0.222 e. The summed E-state index contributed by atoms with van der Waals surface area (Å²) in [5, 5.41) is 0. The van der Waals surface area contributed by atoms with Crippen LogP contribution in [0.15, 0.2) is 0 Å². The second kappa shape index (κ2) is 9.24. The maximum Gasteiger partial charge on any atom is 0.222 e. The summed E-state index contributed by atoms with van der Waals surface area (Å²) in [5.74, 6) is 2.90. The first-order valence-corrected chi connectivity index (χ1v) is 6.60. The van der Waals surface area contributed by atoms with Gasteiger partial charge in [0, 0.05) is 45.1 Å². The van der Waals surface area contributed by atoms with E-state index in [-0.39, 0.29) is 12.4 Å². The van der Waals surface area contributed by atoms with Gasteiger partial charge in [-0.1, -0.05) is 0 Å². The van der Waals surface area contributed by atoms with Gasteiger partial charge in [-0.05, 0) is 26.7 Å². The Morgan fingerprint density at radius 2 is 1.83 bits per heavy atom. The number of rotatable bonds is 5. The van der Waals surface area contributed by atoms with Crippen LogP contribution in [0.4, 0.5) is 0 Å². The van der Waals surface area contributed by atoms with E-state index in [0.717, 1.165) is 45.4 Å². The molecule has 0 spiro atoms. The summed E-state index contributed by atoms with van der Waals surface area (Å²) in [6.45, 7) is 8.19. The van der Waals surface area contributed by atoms with Gasteiger partial charge in [-0.2, -0.15) is 0 Å². The molecule has 1 saturated heterocycles. The van der Waals surface area contributed by atoms with Gasteiger partial charge in [0.15, 0.2) is 0 Å². The Morgan fingerprint density at radius 1 is 1.22 bits per heavy atom. The highest BCUT2D eigenvalue weighted by Gasteiger charge is 2.21. The van der Waals surface area contributed by atoms with Crippen molar-refractivity contribution in [1.29, 1.82) is 0 Å². The van der Waals surface area contributed by atoms with Gasteiger partial charge in [-0.25, -0.2) is 0 Å². The number of piperazine rings is 1. The molecule has 18 heavy (non-hydrogen) atoms. The monoisotopic (exact) mass is 272 g/mol. The van der Waals surface area contributed by atoms with E-state index in [4.69, 9.17) is 6.42 Å². The Morgan fingerprint density at radius 3 is 2.33 bits per heavy atom. The molecule has 0 radical (unpaired) electrons. The lowest BCUT2D eigenvalue weighted by molar-refractivity contribution is -0.133. The van der Waals surface area contributed by atoms with E-state index in [9.17, 15) is 4.79 Å². The molecule has 1 aliphatic heterocycles. The number of carbonyl (C=O) groups is 1. The highest BCUT2D eigenvalue weighted by Crippen LogP contribution is 2.09. The summed E-state index contributed by atoms with van der Waals surface area (Å²) in [6.07, 6.45) is 8.51. The van der Waals surface area contributed by atoms with Crippen LogP contribution < -0.4 is 0 Å². The first-order chi connectivity index (χ1) is 8.15. The minimum absolute atomic E-state index is 0. The van der Waals surface area contributed by atoms with E-state index in [1.54, 1.807) is 0 Å². The van der Waals surface area contributed by atoms with Gasteiger partial charge in [-0.3, -0.25) is 9.69 Å². The number of amides is 1. The molecule has 1 amide bonds. The lowest BCUT2D eigenvalue weighted by atomic mass is 10.1. The summed E-state index contributed by atoms with van der Waals surface area (Å²) in [6, 6.07) is 0.586. The number of terminal acetylenes is 1. The lowest BCUT2D eigenvalue weighted by Crippen LogP contribution is -2.50. The summed E-state index contributed by atoms with van der Waals surface area (Å²) in [4.78, 5) is 16.3. The van der Waals surface area contributed by atoms with Crippen molar-refractivity contribution >= 4 is 18.3 Å². The first kappa shape index (κ1) is 17.3. The summed E-state index contributed by atoms with van der Waals surface area (Å²) >= 11 is 0. The van der Waals surface area contributed by atoms with Crippen LogP contribution in [0.1, 0.15) is 39.5 Å². The van der Waals surface area contributed by atoms with E-state index >= 15 is 0 Å². The van der Waals surface area contributed by atoms with Gasteiger partial charge in [0.05, 0.1) is 0 Å². The molecule has 0 aromatic carbocycles. The lowest BCUT2D eigenvalue weighted by Gasteiger charge is -2.37. The van der Waals surface area contributed by atoms with Gasteiger partial charge in [0.2, 0.25) is 5.91 Å². The van der Waals surface area contributed by atoms with Crippen molar-refractivity contribution in [2.24, 2.45) is 0 Å². The molecular weight excluding hydrogens is 248 g/mol. The Kier molecular flexibility index (Phi) is 8.87. The Hall–Kier alpha value is -0.720. The molecule has 1 aliphatic rings. The summed E-state index contributed by atoms with van der Waals surface area (Å²) in [5.41, 5.74) is 0. The van der Waals surface area contributed by atoms with Crippen LogP contribution in [0.3, 0.4) is 0 Å². The van der Waals surface area contributed by atoms with Crippen molar-refractivity contribution in [2.45, 2.75) is 45.6 Å². The number of nitrogens with zero attached hydrogens (tertiary/aromatic N) is 2. The molecule has 0 aliphatic carbocycles. The minimum atomic E-state index is 0. The van der Waals surface area contributed by atoms with Crippen molar-refractivity contribution < 1.29 is 4.79 Å². The third-order valence-electron chi connectivity index (χ3n) is 3.36. The Balaban J connectivity index is 0.00000289. The molecule has 0 bridgehead atoms. The molecule has 0 aromatic rings. The molecule has 1 heterocycles. The fourth-order valence-electron chi connectivity index (χ4n) is 2.15. The van der Waals surface area contributed by atoms with Crippen LogP contribution >= 0.6 is 12.4 Å². The summed E-state index contributed by atoms with van der Waals surface area (Å²) in [7, 11) is 0. The molecule has 104 valence electrons. The maximum atomic E-state index is 11.9. The number of carbonyl (C=O) groups excluding carboxylic acids is 1. The van der Waals surface area contributed by atoms with E-state index in [0.29, 0.717) is 18.4 Å². The normalized spacial score (nSPS) is 16.2. The third-order valence-corrected chi connectivity index (χ3v) is 3.36. The van der Waals surface area contributed by atoms with Crippen LogP contribution in [-0.4, -0.2) is 47.9 Å². The van der Waals surface area contributed by atoms with Crippen molar-refractivity contribution in [2.75, 3.05) is 26.2 Å². The van der Waals surface area contributed by atoms with Gasteiger partial charge in [0.1, 0.15) is 0 Å². The topological polar surface area (TPSA) is 23.6 Å². The molecule has 0 unspecified atom stereocenters. The minimum Gasteiger partial charge on any atom is -0.340 e. The quantitative estimate of drug-likeness (QED) is 0.566. The molecule has 3 nitrogen and oxygen atoms in total. The Labute approximate surface area is 117 Å². The standard InChI is InChI=1S/C14H24N2O.ClH/c1-4-5-6-7-8-14(17)16-11-9-15(10-12-16)13(2)3;/h1,13H,5-12H2,2-3H3;1H. The molecule has 1 fully saturated rings. The molecule has 0 N–H and O–H groups in total. The van der Waals surface area contributed by atoms with Gasteiger partial charge >= 0.3 is 0 Å². The van der Waals surface area contributed by atoms with E-state index < -0.39 is 0 Å². The van der Waals surface area contributed by atoms with Crippen LogP contribution in [-0.2, 0) is 4.79 Å². The molecule has 1 rings (SSSR count). The van der Waals surface area contributed by atoms with Crippen LogP contribution in [0.25, 0.3) is 0 Å². The maximum absolute atomic E-state index is 11.9. The zero-order valence-electron chi connectivity index (χ0n) is 11.5. The second-order valence-corrected chi connectivity index (χ2v) is 4.92. The van der Waals surface area contributed by atoms with Crippen molar-refractivity contribution in [3.63, 3.8) is 0 Å². The van der Waals surface area contributed by atoms with Crippen molar-refractivity contribution in [1.82, 2.24) is 9.80 Å². The number of halogens is 1. The first-order valence-electron chi connectivity index (χ1n) is 6.60. The number of unbranched alkanes of at least 4 members (excludes halogenated alkanes) is 2. The molecule has 0 saturated carbocycles. The molecular formula is C14H25ClN2O. The zero-order chi connectivity index (χ0) is 12.7. The zero-order valence-corrected chi connectivity index (χ0v) is 12.3. The van der Waals surface area contributed by atoms with E-state index in [1.165, 1.54) is 0 Å². The predicted octanol–water partition coefficient (Wildman–Crippen LogP) is 2.15. The average Bonchev–Trinajstić information content (AvgIpc) is 2.34. The highest BCUT2D eigenvalue weighted by molar-refractivity contribution is 5.85. The SMILES string of the molecule is C#CCCCCC(=O)N1CCN(C(C)C)CC1.Cl. The van der Waals surface area contributed by atoms with Gasteiger partial charge < -0.3 is 4.90 Å². The molecule has 0 atom stereocenters.